The smallest absolute Gasteiger partial charge is 0.194 e. The van der Waals surface area contributed by atoms with E-state index in [0.29, 0.717) is 22.4 Å². The van der Waals surface area contributed by atoms with Gasteiger partial charge in [-0.2, -0.15) is 5.26 Å². The Balaban J connectivity index is 2.49. The molecular weight excluding hydrogens is 337 g/mol. The zero-order valence-corrected chi connectivity index (χ0v) is 12.8. The van der Waals surface area contributed by atoms with Gasteiger partial charge in [-0.05, 0) is 59.3 Å². The first kappa shape index (κ1) is 15.2. The first-order chi connectivity index (χ1) is 10.1. The van der Waals surface area contributed by atoms with E-state index in [-0.39, 0.29) is 16.9 Å². The Bertz CT molecular complexity index is 720. The average Bonchev–Trinajstić information content (AvgIpc) is 2.49. The van der Waals surface area contributed by atoms with Gasteiger partial charge < -0.3 is 4.74 Å². The van der Waals surface area contributed by atoms with Crippen molar-refractivity contribution in [2.75, 3.05) is 6.61 Å². The molecule has 0 heterocycles. The summed E-state index contributed by atoms with van der Waals surface area (Å²) in [5.74, 6) is -0.250. The maximum atomic E-state index is 12.9. The molecule has 0 bridgehead atoms. The molecule has 0 atom stereocenters. The van der Waals surface area contributed by atoms with Gasteiger partial charge in [0.1, 0.15) is 17.6 Å². The van der Waals surface area contributed by atoms with Crippen molar-refractivity contribution in [1.29, 1.82) is 5.26 Å². The molecule has 0 saturated heterocycles. The number of benzene rings is 2. The number of hydrogen-bond acceptors (Lipinski definition) is 3. The van der Waals surface area contributed by atoms with Crippen LogP contribution in [0.5, 0.6) is 5.75 Å². The Morgan fingerprint density at radius 2 is 1.95 bits per heavy atom. The molecule has 2 aromatic carbocycles. The van der Waals surface area contributed by atoms with Crippen LogP contribution >= 0.6 is 15.9 Å². The molecule has 2 aromatic rings. The molecule has 21 heavy (non-hydrogen) atoms. The molecule has 0 spiro atoms. The van der Waals surface area contributed by atoms with Crippen molar-refractivity contribution in [1.82, 2.24) is 0 Å². The highest BCUT2D eigenvalue weighted by Gasteiger charge is 2.18. The van der Waals surface area contributed by atoms with Gasteiger partial charge in [-0.1, -0.05) is 0 Å². The lowest BCUT2D eigenvalue weighted by molar-refractivity contribution is 0.103. The highest BCUT2D eigenvalue weighted by Crippen LogP contribution is 2.32. The second-order valence-electron chi connectivity index (χ2n) is 4.18. The van der Waals surface area contributed by atoms with Gasteiger partial charge in [-0.25, -0.2) is 4.39 Å². The first-order valence-electron chi connectivity index (χ1n) is 6.24. The van der Waals surface area contributed by atoms with Gasteiger partial charge in [0.15, 0.2) is 5.78 Å². The normalized spacial score (nSPS) is 10.0. The van der Waals surface area contributed by atoms with Gasteiger partial charge in [0.2, 0.25) is 0 Å². The summed E-state index contributed by atoms with van der Waals surface area (Å²) in [7, 11) is 0. The number of ether oxygens (including phenoxy) is 1. The van der Waals surface area contributed by atoms with Gasteiger partial charge >= 0.3 is 0 Å². The van der Waals surface area contributed by atoms with Crippen LogP contribution in [0.4, 0.5) is 4.39 Å². The zero-order valence-electron chi connectivity index (χ0n) is 11.2. The number of nitrogens with zero attached hydrogens (tertiary/aromatic N) is 1. The molecule has 0 aliphatic heterocycles. The van der Waals surface area contributed by atoms with Crippen molar-refractivity contribution >= 4 is 21.7 Å². The molecule has 5 heteroatoms. The van der Waals surface area contributed by atoms with Crippen molar-refractivity contribution < 1.29 is 13.9 Å². The molecule has 0 saturated carbocycles. The number of carbonyl (C=O) groups excluding carboxylic acids is 1. The molecule has 3 nitrogen and oxygen atoms in total. The Hall–Kier alpha value is -2.19. The van der Waals surface area contributed by atoms with E-state index in [4.69, 9.17) is 4.74 Å². The molecule has 0 N–H and O–H groups in total. The van der Waals surface area contributed by atoms with E-state index in [1.54, 1.807) is 12.1 Å². The number of nitriles is 1. The Morgan fingerprint density at radius 3 is 2.52 bits per heavy atom. The van der Waals surface area contributed by atoms with Gasteiger partial charge in [-0.15, -0.1) is 0 Å². The molecule has 0 amide bonds. The van der Waals surface area contributed by atoms with Gasteiger partial charge in [0.25, 0.3) is 0 Å². The van der Waals surface area contributed by atoms with E-state index in [1.165, 1.54) is 24.3 Å². The molecule has 0 aliphatic carbocycles. The van der Waals surface area contributed by atoms with Crippen molar-refractivity contribution in [2.45, 2.75) is 6.92 Å². The first-order valence-corrected chi connectivity index (χ1v) is 7.03. The average molecular weight is 348 g/mol. The summed E-state index contributed by atoms with van der Waals surface area (Å²) >= 11 is 3.29. The van der Waals surface area contributed by atoms with E-state index < -0.39 is 5.82 Å². The van der Waals surface area contributed by atoms with E-state index in [2.05, 4.69) is 15.9 Å². The molecule has 0 fully saturated rings. The SMILES string of the molecule is CCOc1ccc(C(=O)c2ccc(F)cc2)c(C#N)c1Br. The summed E-state index contributed by atoms with van der Waals surface area (Å²) in [6.07, 6.45) is 0. The fraction of sp³-hybridized carbons (Fsp3) is 0.125. The number of hydrogen-bond donors (Lipinski definition) is 0. The van der Waals surface area contributed by atoms with Crippen LogP contribution in [0.1, 0.15) is 28.4 Å². The molecule has 106 valence electrons. The van der Waals surface area contributed by atoms with Crippen molar-refractivity contribution in [3.63, 3.8) is 0 Å². The van der Waals surface area contributed by atoms with E-state index in [9.17, 15) is 14.4 Å². The minimum Gasteiger partial charge on any atom is -0.493 e. The lowest BCUT2D eigenvalue weighted by Gasteiger charge is -2.10. The summed E-state index contributed by atoms with van der Waals surface area (Å²) < 4.78 is 18.7. The van der Waals surface area contributed by atoms with Gasteiger partial charge in [-0.3, -0.25) is 4.79 Å². The second-order valence-corrected chi connectivity index (χ2v) is 4.97. The lowest BCUT2D eigenvalue weighted by Crippen LogP contribution is -2.06. The summed E-state index contributed by atoms with van der Waals surface area (Å²) in [5, 5.41) is 9.28. The van der Waals surface area contributed by atoms with Crippen LogP contribution in [0, 0.1) is 17.1 Å². The maximum Gasteiger partial charge on any atom is 0.194 e. The monoisotopic (exact) mass is 347 g/mol. The van der Waals surface area contributed by atoms with Crippen LogP contribution in [0.15, 0.2) is 40.9 Å². The molecule has 0 aliphatic rings. The van der Waals surface area contributed by atoms with Crippen LogP contribution in [-0.2, 0) is 0 Å². The van der Waals surface area contributed by atoms with Gasteiger partial charge in [0.05, 0.1) is 16.6 Å². The quantitative estimate of drug-likeness (QED) is 0.782. The lowest BCUT2D eigenvalue weighted by atomic mass is 9.98. The number of ketones is 1. The maximum absolute atomic E-state index is 12.9. The largest absolute Gasteiger partial charge is 0.493 e. The summed E-state index contributed by atoms with van der Waals surface area (Å²) in [6.45, 7) is 2.28. The Morgan fingerprint density at radius 1 is 1.29 bits per heavy atom. The molecular formula is C16H11BrFNO2. The predicted molar refractivity (Wildman–Crippen MR) is 79.9 cm³/mol. The van der Waals surface area contributed by atoms with Crippen LogP contribution in [0.3, 0.4) is 0 Å². The van der Waals surface area contributed by atoms with Gasteiger partial charge in [0, 0.05) is 11.1 Å². The number of rotatable bonds is 4. The number of carbonyl (C=O) groups is 1. The van der Waals surface area contributed by atoms with Crippen molar-refractivity contribution in [3.8, 4) is 11.8 Å². The summed E-state index contributed by atoms with van der Waals surface area (Å²) in [5.41, 5.74) is 0.777. The van der Waals surface area contributed by atoms with E-state index in [0.717, 1.165) is 0 Å². The van der Waals surface area contributed by atoms with Crippen molar-refractivity contribution in [3.05, 3.63) is 63.4 Å². The highest BCUT2D eigenvalue weighted by molar-refractivity contribution is 9.10. The van der Waals surface area contributed by atoms with Crippen LogP contribution in [0.25, 0.3) is 0 Å². The van der Waals surface area contributed by atoms with Crippen molar-refractivity contribution in [2.24, 2.45) is 0 Å². The molecule has 0 unspecified atom stereocenters. The molecule has 2 rings (SSSR count). The topological polar surface area (TPSA) is 50.1 Å². The summed E-state index contributed by atoms with van der Waals surface area (Å²) in [6, 6.07) is 10.4. The zero-order chi connectivity index (χ0) is 15.4. The Labute approximate surface area is 130 Å². The minimum absolute atomic E-state index is 0.204. The Kier molecular flexibility index (Phi) is 4.71. The standard InChI is InChI=1S/C16H11BrFNO2/c1-2-21-14-8-7-12(13(9-19)15(14)17)16(20)10-3-5-11(18)6-4-10/h3-8H,2H2,1H3. The van der Waals surface area contributed by atoms with Crippen LogP contribution in [-0.4, -0.2) is 12.4 Å². The third-order valence-corrected chi connectivity index (χ3v) is 3.66. The fourth-order valence-corrected chi connectivity index (χ4v) is 2.43. The fourth-order valence-electron chi connectivity index (χ4n) is 1.88. The predicted octanol–water partition coefficient (Wildman–Crippen LogP) is 4.09. The summed E-state index contributed by atoms with van der Waals surface area (Å²) in [4.78, 5) is 12.4. The minimum atomic E-state index is -0.417. The van der Waals surface area contributed by atoms with Crippen LogP contribution in [0.2, 0.25) is 0 Å². The third-order valence-electron chi connectivity index (χ3n) is 2.87. The van der Waals surface area contributed by atoms with E-state index in [1.807, 2.05) is 13.0 Å². The number of halogens is 2. The molecule has 0 radical (unpaired) electrons. The third kappa shape index (κ3) is 3.11. The molecule has 0 aromatic heterocycles. The second kappa shape index (κ2) is 6.51. The van der Waals surface area contributed by atoms with E-state index >= 15 is 0 Å². The highest BCUT2D eigenvalue weighted by atomic mass is 79.9. The van der Waals surface area contributed by atoms with Crippen LogP contribution < -0.4 is 4.74 Å².